The topological polar surface area (TPSA) is 96.6 Å². The van der Waals surface area contributed by atoms with Crippen molar-refractivity contribution in [3.8, 4) is 17.2 Å². The first-order chi connectivity index (χ1) is 20.0. The molecule has 1 aliphatic heterocycles. The van der Waals surface area contributed by atoms with E-state index in [-0.39, 0.29) is 30.0 Å². The van der Waals surface area contributed by atoms with Crippen LogP contribution >= 0.6 is 0 Å². The van der Waals surface area contributed by atoms with E-state index < -0.39 is 17.6 Å². The van der Waals surface area contributed by atoms with Crippen LogP contribution < -0.4 is 14.2 Å². The molecule has 3 heterocycles. The summed E-state index contributed by atoms with van der Waals surface area (Å²) in [6.45, 7) is 0.187. The van der Waals surface area contributed by atoms with Crippen molar-refractivity contribution in [2.75, 3.05) is 14.2 Å². The van der Waals surface area contributed by atoms with Gasteiger partial charge in [0.15, 0.2) is 11.6 Å². The lowest BCUT2D eigenvalue weighted by atomic mass is 9.97. The zero-order valence-electron chi connectivity index (χ0n) is 22.4. The average Bonchev–Trinajstić information content (AvgIpc) is 3.72. The lowest BCUT2D eigenvalue weighted by molar-refractivity contribution is -0.136. The maximum Gasteiger partial charge on any atom is 0.262 e. The van der Waals surface area contributed by atoms with Gasteiger partial charge in [-0.3, -0.25) is 14.5 Å². The standard InChI is InChI=1S/C32H26FN3O5/c1-39-22-9-8-21(27(12-22)40-2)17-36-31(37)29(20-10-11-34-15-20)30(32(36)38)24-16-35-26-14-28(25(33)13-23(24)26)41-18-19-6-4-3-5-7-19/h3-16,34-35H,17-18H2,1-2H3. The molecule has 2 amide bonds. The summed E-state index contributed by atoms with van der Waals surface area (Å²) in [6.07, 6.45) is 4.96. The van der Waals surface area contributed by atoms with Gasteiger partial charge in [-0.15, -0.1) is 0 Å². The van der Waals surface area contributed by atoms with Gasteiger partial charge < -0.3 is 24.2 Å². The van der Waals surface area contributed by atoms with Gasteiger partial charge >= 0.3 is 0 Å². The van der Waals surface area contributed by atoms with E-state index in [0.717, 1.165) is 5.56 Å². The quantitative estimate of drug-likeness (QED) is 0.229. The van der Waals surface area contributed by atoms with Crippen molar-refractivity contribution in [1.82, 2.24) is 14.9 Å². The maximum atomic E-state index is 15.3. The second kappa shape index (κ2) is 10.7. The fourth-order valence-corrected chi connectivity index (χ4v) is 5.05. The molecular weight excluding hydrogens is 525 g/mol. The molecule has 9 heteroatoms. The van der Waals surface area contributed by atoms with Crippen LogP contribution in [-0.4, -0.2) is 40.9 Å². The number of ether oxygens (including phenoxy) is 3. The Balaban J connectivity index is 1.38. The van der Waals surface area contributed by atoms with Crippen LogP contribution in [0.15, 0.2) is 85.3 Å². The highest BCUT2D eigenvalue weighted by atomic mass is 19.1. The molecule has 5 aromatic rings. The molecule has 3 aromatic carbocycles. The molecule has 0 atom stereocenters. The number of carbonyl (C=O) groups excluding carboxylic acids is 2. The summed E-state index contributed by atoms with van der Waals surface area (Å²) >= 11 is 0. The number of fused-ring (bicyclic) bond motifs is 1. The number of hydrogen-bond acceptors (Lipinski definition) is 5. The number of halogens is 1. The second-order valence-electron chi connectivity index (χ2n) is 9.53. The fourth-order valence-electron chi connectivity index (χ4n) is 5.05. The highest BCUT2D eigenvalue weighted by molar-refractivity contribution is 6.49. The van der Waals surface area contributed by atoms with Crippen molar-refractivity contribution in [3.63, 3.8) is 0 Å². The predicted molar refractivity (Wildman–Crippen MR) is 152 cm³/mol. The predicted octanol–water partition coefficient (Wildman–Crippen LogP) is 5.71. The molecule has 206 valence electrons. The number of aromatic nitrogens is 2. The number of hydrogen-bond donors (Lipinski definition) is 2. The van der Waals surface area contributed by atoms with E-state index in [2.05, 4.69) is 9.97 Å². The molecule has 0 aliphatic carbocycles. The largest absolute Gasteiger partial charge is 0.497 e. The number of methoxy groups -OCH3 is 2. The first-order valence-electron chi connectivity index (χ1n) is 12.9. The van der Waals surface area contributed by atoms with Crippen LogP contribution in [-0.2, 0) is 22.7 Å². The Morgan fingerprint density at radius 1 is 0.854 bits per heavy atom. The molecule has 0 radical (unpaired) electrons. The number of amides is 2. The Bertz CT molecular complexity index is 1790. The van der Waals surface area contributed by atoms with Gasteiger partial charge in [0.25, 0.3) is 11.8 Å². The third-order valence-corrected chi connectivity index (χ3v) is 7.12. The number of carbonyl (C=O) groups is 2. The number of aromatic amines is 2. The number of nitrogens with one attached hydrogen (secondary N) is 2. The molecule has 0 unspecified atom stereocenters. The van der Waals surface area contributed by atoms with Gasteiger partial charge in [-0.2, -0.15) is 0 Å². The molecule has 0 spiro atoms. The molecule has 0 saturated heterocycles. The molecule has 1 aliphatic rings. The summed E-state index contributed by atoms with van der Waals surface area (Å²) in [5.74, 6) is -0.371. The summed E-state index contributed by atoms with van der Waals surface area (Å²) in [5, 5.41) is 0.461. The van der Waals surface area contributed by atoms with Crippen molar-refractivity contribution >= 4 is 33.9 Å². The summed E-state index contributed by atoms with van der Waals surface area (Å²) in [7, 11) is 3.06. The van der Waals surface area contributed by atoms with E-state index in [1.165, 1.54) is 18.1 Å². The summed E-state index contributed by atoms with van der Waals surface area (Å²) in [6, 6.07) is 19.3. The summed E-state index contributed by atoms with van der Waals surface area (Å²) in [4.78, 5) is 35.0. The van der Waals surface area contributed by atoms with Crippen molar-refractivity contribution in [1.29, 1.82) is 0 Å². The van der Waals surface area contributed by atoms with Crippen LogP contribution in [0, 0.1) is 5.82 Å². The number of imide groups is 1. The highest BCUT2D eigenvalue weighted by Crippen LogP contribution is 2.41. The minimum absolute atomic E-state index is 0.0174. The Morgan fingerprint density at radius 2 is 1.66 bits per heavy atom. The lowest BCUT2D eigenvalue weighted by Gasteiger charge is -2.18. The van der Waals surface area contributed by atoms with Gasteiger partial charge in [0, 0.05) is 58.3 Å². The zero-order chi connectivity index (χ0) is 28.5. The molecule has 2 aromatic heterocycles. The van der Waals surface area contributed by atoms with Gasteiger partial charge in [0.1, 0.15) is 18.1 Å². The van der Waals surface area contributed by atoms with E-state index >= 15 is 4.39 Å². The summed E-state index contributed by atoms with van der Waals surface area (Å²) < 4.78 is 31.8. The Hall–Kier alpha value is -5.31. The summed E-state index contributed by atoms with van der Waals surface area (Å²) in [5.41, 5.74) is 3.51. The lowest BCUT2D eigenvalue weighted by Crippen LogP contribution is -2.31. The first-order valence-corrected chi connectivity index (χ1v) is 12.9. The minimum atomic E-state index is -0.574. The van der Waals surface area contributed by atoms with Gasteiger partial charge in [0.05, 0.1) is 31.9 Å². The highest BCUT2D eigenvalue weighted by Gasteiger charge is 2.41. The Morgan fingerprint density at radius 3 is 2.39 bits per heavy atom. The van der Waals surface area contributed by atoms with E-state index in [0.29, 0.717) is 39.1 Å². The molecule has 0 fully saturated rings. The van der Waals surface area contributed by atoms with E-state index in [1.807, 2.05) is 30.3 Å². The van der Waals surface area contributed by atoms with Gasteiger partial charge in [-0.25, -0.2) is 4.39 Å². The zero-order valence-corrected chi connectivity index (χ0v) is 22.4. The van der Waals surface area contributed by atoms with E-state index in [9.17, 15) is 9.59 Å². The maximum absolute atomic E-state index is 15.3. The molecule has 6 rings (SSSR count). The van der Waals surface area contributed by atoms with E-state index in [1.54, 1.807) is 56.0 Å². The number of benzene rings is 3. The van der Waals surface area contributed by atoms with E-state index in [4.69, 9.17) is 14.2 Å². The molecule has 0 bridgehead atoms. The van der Waals surface area contributed by atoms with Crippen molar-refractivity contribution < 1.29 is 28.2 Å². The monoisotopic (exact) mass is 551 g/mol. The Labute approximate surface area is 235 Å². The van der Waals surface area contributed by atoms with Crippen LogP contribution in [0.3, 0.4) is 0 Å². The van der Waals surface area contributed by atoms with Crippen LogP contribution in [0.2, 0.25) is 0 Å². The third kappa shape index (κ3) is 4.71. The van der Waals surface area contributed by atoms with Crippen LogP contribution in [0.25, 0.3) is 22.0 Å². The molecule has 2 N–H and O–H groups in total. The smallest absolute Gasteiger partial charge is 0.262 e. The van der Waals surface area contributed by atoms with Gasteiger partial charge in [0.2, 0.25) is 0 Å². The number of rotatable bonds is 9. The van der Waals surface area contributed by atoms with Crippen molar-refractivity contribution in [3.05, 3.63) is 113 Å². The third-order valence-electron chi connectivity index (χ3n) is 7.12. The molecule has 41 heavy (non-hydrogen) atoms. The van der Waals surface area contributed by atoms with Crippen molar-refractivity contribution in [2.24, 2.45) is 0 Å². The van der Waals surface area contributed by atoms with Crippen molar-refractivity contribution in [2.45, 2.75) is 13.2 Å². The van der Waals surface area contributed by atoms with Crippen LogP contribution in [0.1, 0.15) is 22.3 Å². The normalized spacial score (nSPS) is 13.4. The van der Waals surface area contributed by atoms with Gasteiger partial charge in [-0.1, -0.05) is 30.3 Å². The Kier molecular flexibility index (Phi) is 6.76. The second-order valence-corrected chi connectivity index (χ2v) is 9.53. The number of nitrogens with zero attached hydrogens (tertiary/aromatic N) is 1. The minimum Gasteiger partial charge on any atom is -0.497 e. The number of H-pyrrole nitrogens is 2. The fraction of sp³-hybridized carbons (Fsp3) is 0.125. The van der Waals surface area contributed by atoms with Crippen LogP contribution in [0.5, 0.6) is 17.2 Å². The SMILES string of the molecule is COc1ccc(CN2C(=O)C(c3cc[nH]c3)=C(c3c[nH]c4cc(OCc5ccccc5)c(F)cc34)C2=O)c(OC)c1. The molecule has 0 saturated carbocycles. The average molecular weight is 552 g/mol. The molecule has 8 nitrogen and oxygen atoms in total. The van der Waals surface area contributed by atoms with Crippen LogP contribution in [0.4, 0.5) is 4.39 Å². The first kappa shape index (κ1) is 25.9. The molecular formula is C32H26FN3O5. The van der Waals surface area contributed by atoms with Gasteiger partial charge in [-0.05, 0) is 29.8 Å².